The first-order chi connectivity index (χ1) is 22.0. The van der Waals surface area contributed by atoms with E-state index in [1.165, 1.54) is 0 Å². The topological polar surface area (TPSA) is 137 Å². The molecule has 3 N–H and O–H groups in total. The second-order valence-electron chi connectivity index (χ2n) is 11.7. The lowest BCUT2D eigenvalue weighted by atomic mass is 9.99. The molecule has 3 unspecified atom stereocenters. The highest BCUT2D eigenvalue weighted by Gasteiger charge is 2.34. The third-order valence-corrected chi connectivity index (χ3v) is 8.32. The second-order valence-corrected chi connectivity index (χ2v) is 11.7. The zero-order valence-electron chi connectivity index (χ0n) is 25.6. The maximum atomic E-state index is 12.2. The Kier molecular flexibility index (Phi) is 11.9. The largest absolute Gasteiger partial charge is 0.481 e. The van der Waals surface area contributed by atoms with E-state index in [0.717, 1.165) is 73.8 Å². The molecule has 11 heteroatoms. The molecular weight excluding hydrogens is 574 g/mol. The zero-order valence-corrected chi connectivity index (χ0v) is 25.6. The fourth-order valence-electron chi connectivity index (χ4n) is 5.73. The maximum absolute atomic E-state index is 12.2. The summed E-state index contributed by atoms with van der Waals surface area (Å²) >= 11 is 0. The Morgan fingerprint density at radius 2 is 1.51 bits per heavy atom. The molecule has 0 radical (unpaired) electrons. The minimum atomic E-state index is -0.803. The lowest BCUT2D eigenvalue weighted by molar-refractivity contribution is -0.253. The molecule has 1 amide bonds. The van der Waals surface area contributed by atoms with Crippen molar-refractivity contribution in [1.29, 1.82) is 0 Å². The van der Waals surface area contributed by atoms with Crippen molar-refractivity contribution in [2.75, 3.05) is 37.6 Å². The number of rotatable bonds is 14. The lowest BCUT2D eigenvalue weighted by Crippen LogP contribution is -2.50. The summed E-state index contributed by atoms with van der Waals surface area (Å²) in [6.07, 6.45) is 6.04. The number of anilines is 1. The summed E-state index contributed by atoms with van der Waals surface area (Å²) in [6.45, 7) is 4.69. The van der Waals surface area contributed by atoms with Crippen molar-refractivity contribution in [3.05, 3.63) is 89.2 Å². The van der Waals surface area contributed by atoms with Gasteiger partial charge in [0, 0.05) is 76.5 Å². The Hall–Kier alpha value is -3.90. The minimum absolute atomic E-state index is 0.000238. The number of benzene rings is 2. The number of aromatic nitrogens is 2. The van der Waals surface area contributed by atoms with Crippen LogP contribution in [-0.2, 0) is 32.2 Å². The number of carbonyl (C=O) groups is 2. The van der Waals surface area contributed by atoms with E-state index in [1.54, 1.807) is 12.4 Å². The van der Waals surface area contributed by atoms with Crippen molar-refractivity contribution in [1.82, 2.24) is 20.2 Å². The quantitative estimate of drug-likeness (QED) is 0.228. The molecule has 2 aromatic carbocycles. The molecule has 2 saturated heterocycles. The van der Waals surface area contributed by atoms with E-state index in [1.807, 2.05) is 54.6 Å². The molecule has 2 aliphatic heterocycles. The van der Waals surface area contributed by atoms with E-state index in [9.17, 15) is 14.7 Å². The first-order valence-electron chi connectivity index (χ1n) is 15.8. The molecule has 0 aliphatic carbocycles. The summed E-state index contributed by atoms with van der Waals surface area (Å²) in [5.41, 5.74) is 3.80. The van der Waals surface area contributed by atoms with Gasteiger partial charge in [-0.15, -0.1) is 0 Å². The van der Waals surface area contributed by atoms with Crippen molar-refractivity contribution in [2.45, 2.75) is 70.2 Å². The van der Waals surface area contributed by atoms with Gasteiger partial charge < -0.3 is 29.9 Å². The van der Waals surface area contributed by atoms with Crippen molar-refractivity contribution >= 4 is 17.8 Å². The summed E-state index contributed by atoms with van der Waals surface area (Å²) in [6, 6.07) is 17.7. The van der Waals surface area contributed by atoms with Gasteiger partial charge in [0.15, 0.2) is 6.29 Å². The van der Waals surface area contributed by atoms with E-state index in [4.69, 9.17) is 14.6 Å². The number of piperazine rings is 1. The van der Waals surface area contributed by atoms with Gasteiger partial charge in [-0.25, -0.2) is 9.97 Å². The van der Waals surface area contributed by atoms with E-state index >= 15 is 0 Å². The van der Waals surface area contributed by atoms with Crippen LogP contribution in [0.5, 0.6) is 0 Å². The number of aliphatic hydroxyl groups is 1. The first kappa shape index (κ1) is 32.5. The Balaban J connectivity index is 1.17. The average molecular weight is 618 g/mol. The molecule has 5 rings (SSSR count). The zero-order chi connectivity index (χ0) is 31.4. The Labute approximate surface area is 264 Å². The van der Waals surface area contributed by atoms with E-state index < -0.39 is 12.3 Å². The van der Waals surface area contributed by atoms with Crippen molar-refractivity contribution in [2.24, 2.45) is 0 Å². The summed E-state index contributed by atoms with van der Waals surface area (Å²) < 4.78 is 13.1. The summed E-state index contributed by atoms with van der Waals surface area (Å²) in [4.78, 5) is 36.3. The third kappa shape index (κ3) is 9.79. The molecule has 3 aromatic rings. The standard InChI is InChI=1S/C34H43N5O6/c40-24-26-9-11-27(12-10-26)30-21-29(23-38-17-19-39(20-18-38)34-35-15-4-16-36-34)44-33(45-30)28-13-7-25(8-14-28)22-37-31(41)5-2-1-3-6-32(42)43/h4,7-16,29-30,33,40H,1-3,5-6,17-24H2,(H,37,41)(H,42,43). The number of unbranched alkanes of at least 4 members (excludes halogenated alkanes) is 2. The van der Waals surface area contributed by atoms with Crippen molar-refractivity contribution < 1.29 is 29.3 Å². The van der Waals surface area contributed by atoms with Crippen molar-refractivity contribution in [3.8, 4) is 0 Å². The molecule has 240 valence electrons. The highest BCUT2D eigenvalue weighted by Crippen LogP contribution is 2.38. The van der Waals surface area contributed by atoms with Gasteiger partial charge in [0.05, 0.1) is 18.8 Å². The van der Waals surface area contributed by atoms with Gasteiger partial charge in [-0.1, -0.05) is 55.0 Å². The van der Waals surface area contributed by atoms with Crippen LogP contribution in [0.25, 0.3) is 0 Å². The summed E-state index contributed by atoms with van der Waals surface area (Å²) in [7, 11) is 0. The van der Waals surface area contributed by atoms with Crippen LogP contribution < -0.4 is 10.2 Å². The number of hydrogen-bond donors (Lipinski definition) is 3. The van der Waals surface area contributed by atoms with Gasteiger partial charge in [-0.05, 0) is 35.6 Å². The molecule has 11 nitrogen and oxygen atoms in total. The van der Waals surface area contributed by atoms with E-state index in [2.05, 4.69) is 25.1 Å². The summed E-state index contributed by atoms with van der Waals surface area (Å²) in [5, 5.41) is 21.2. The molecule has 1 aromatic heterocycles. The third-order valence-electron chi connectivity index (χ3n) is 8.32. The molecule has 0 spiro atoms. The average Bonchev–Trinajstić information content (AvgIpc) is 3.08. The van der Waals surface area contributed by atoms with E-state index in [-0.39, 0.29) is 31.1 Å². The number of ether oxygens (including phenoxy) is 2. The van der Waals surface area contributed by atoms with Gasteiger partial charge >= 0.3 is 5.97 Å². The van der Waals surface area contributed by atoms with Crippen LogP contribution in [-0.4, -0.2) is 75.8 Å². The SMILES string of the molecule is O=C(O)CCCCCC(=O)NCc1ccc(C2OC(CN3CCN(c4ncccn4)CC3)CC(c3ccc(CO)cc3)O2)cc1. The maximum Gasteiger partial charge on any atom is 0.303 e. The number of aliphatic hydroxyl groups excluding tert-OH is 1. The predicted octanol–water partition coefficient (Wildman–Crippen LogP) is 3.99. The Morgan fingerprint density at radius 1 is 0.844 bits per heavy atom. The Bertz CT molecular complexity index is 1350. The molecule has 2 fully saturated rings. The van der Waals surface area contributed by atoms with Crippen LogP contribution in [0.3, 0.4) is 0 Å². The molecule has 45 heavy (non-hydrogen) atoms. The van der Waals surface area contributed by atoms with Gasteiger partial charge in [-0.2, -0.15) is 0 Å². The van der Waals surface area contributed by atoms with Crippen LogP contribution >= 0.6 is 0 Å². The monoisotopic (exact) mass is 617 g/mol. The van der Waals surface area contributed by atoms with Crippen LogP contribution in [0.15, 0.2) is 67.0 Å². The highest BCUT2D eigenvalue weighted by atomic mass is 16.7. The number of nitrogens with one attached hydrogen (secondary N) is 1. The van der Waals surface area contributed by atoms with E-state index in [0.29, 0.717) is 25.8 Å². The van der Waals surface area contributed by atoms with Gasteiger partial charge in [0.1, 0.15) is 0 Å². The van der Waals surface area contributed by atoms with Crippen LogP contribution in [0.1, 0.15) is 73.2 Å². The number of carboxylic acid groups (broad SMARTS) is 1. The van der Waals surface area contributed by atoms with Crippen LogP contribution in [0.4, 0.5) is 5.95 Å². The lowest BCUT2D eigenvalue weighted by Gasteiger charge is -2.40. The van der Waals surface area contributed by atoms with Gasteiger partial charge in [-0.3, -0.25) is 14.5 Å². The number of hydrogen-bond acceptors (Lipinski definition) is 9. The molecule has 0 bridgehead atoms. The number of carboxylic acids is 1. The number of nitrogens with zero attached hydrogens (tertiary/aromatic N) is 4. The fourth-order valence-corrected chi connectivity index (χ4v) is 5.73. The smallest absolute Gasteiger partial charge is 0.303 e. The van der Waals surface area contributed by atoms with Crippen molar-refractivity contribution in [3.63, 3.8) is 0 Å². The highest BCUT2D eigenvalue weighted by molar-refractivity contribution is 5.75. The second kappa shape index (κ2) is 16.4. The van der Waals surface area contributed by atoms with Crippen LogP contribution in [0, 0.1) is 0 Å². The normalized spacial score (nSPS) is 20.6. The molecular formula is C34H43N5O6. The molecule has 3 heterocycles. The first-order valence-corrected chi connectivity index (χ1v) is 15.8. The van der Waals surface area contributed by atoms with Gasteiger partial charge in [0.25, 0.3) is 0 Å². The fraction of sp³-hybridized carbons (Fsp3) is 0.471. The van der Waals surface area contributed by atoms with Gasteiger partial charge in [0.2, 0.25) is 11.9 Å². The van der Waals surface area contributed by atoms with Crippen LogP contribution in [0.2, 0.25) is 0 Å². The summed E-state index contributed by atoms with van der Waals surface area (Å²) in [5.74, 6) is -0.0755. The number of aliphatic carboxylic acids is 1. The predicted molar refractivity (Wildman–Crippen MR) is 168 cm³/mol. The number of carbonyl (C=O) groups excluding carboxylic acids is 1. The Morgan fingerprint density at radius 3 is 2.20 bits per heavy atom. The molecule has 2 aliphatic rings. The molecule has 3 atom stereocenters. The minimum Gasteiger partial charge on any atom is -0.481 e. The number of amides is 1. The molecule has 0 saturated carbocycles.